The van der Waals surface area contributed by atoms with E-state index in [2.05, 4.69) is 10.1 Å². The first-order valence-corrected chi connectivity index (χ1v) is 7.01. The van der Waals surface area contributed by atoms with Crippen LogP contribution >= 0.6 is 0 Å². The molecule has 3 aromatic rings. The molecule has 112 valence electrons. The van der Waals surface area contributed by atoms with Gasteiger partial charge >= 0.3 is 0 Å². The Bertz CT molecular complexity index is 771. The van der Waals surface area contributed by atoms with Crippen molar-refractivity contribution < 1.29 is 9.50 Å². The smallest absolute Gasteiger partial charge is 0.123 e. The number of aliphatic hydroxyl groups is 1. The van der Waals surface area contributed by atoms with E-state index < -0.39 is 6.10 Å². The van der Waals surface area contributed by atoms with Gasteiger partial charge in [0.15, 0.2) is 0 Å². The molecule has 1 N–H and O–H groups in total. The van der Waals surface area contributed by atoms with E-state index in [0.717, 1.165) is 16.8 Å². The van der Waals surface area contributed by atoms with E-state index in [9.17, 15) is 9.50 Å². The van der Waals surface area contributed by atoms with Crippen LogP contribution in [0, 0.1) is 12.7 Å². The molecule has 2 aromatic heterocycles. The summed E-state index contributed by atoms with van der Waals surface area (Å²) >= 11 is 0. The quantitative estimate of drug-likeness (QED) is 0.805. The van der Waals surface area contributed by atoms with Crippen molar-refractivity contribution in [2.75, 3.05) is 0 Å². The Morgan fingerprint density at radius 1 is 1.14 bits per heavy atom. The van der Waals surface area contributed by atoms with Crippen LogP contribution < -0.4 is 0 Å². The molecule has 0 bridgehead atoms. The van der Waals surface area contributed by atoms with Crippen LogP contribution in [0.3, 0.4) is 0 Å². The van der Waals surface area contributed by atoms with Gasteiger partial charge < -0.3 is 5.11 Å². The molecule has 0 saturated heterocycles. The molecule has 0 spiro atoms. The number of pyridine rings is 1. The monoisotopic (exact) mass is 297 g/mol. The Hall–Kier alpha value is -2.53. The van der Waals surface area contributed by atoms with Gasteiger partial charge in [-0.25, -0.2) is 4.39 Å². The summed E-state index contributed by atoms with van der Waals surface area (Å²) in [6.45, 7) is 2.09. The van der Waals surface area contributed by atoms with Crippen molar-refractivity contribution in [3.8, 4) is 11.3 Å². The van der Waals surface area contributed by atoms with Gasteiger partial charge in [-0.15, -0.1) is 0 Å². The second-order valence-corrected chi connectivity index (χ2v) is 5.15. The van der Waals surface area contributed by atoms with Crippen molar-refractivity contribution >= 4 is 0 Å². The number of aryl methyl sites for hydroxylation is 1. The summed E-state index contributed by atoms with van der Waals surface area (Å²) in [5.41, 5.74) is 3.32. The SMILES string of the molecule is Cc1cc(F)ccc1C(O)Cn1nccc1-c1ccncc1. The fourth-order valence-electron chi connectivity index (χ4n) is 2.52. The van der Waals surface area contributed by atoms with Gasteiger partial charge in [0.2, 0.25) is 0 Å². The standard InChI is InChI=1S/C17H16FN3O/c1-12-10-14(18)2-3-15(12)17(22)11-21-16(6-9-20-21)13-4-7-19-8-5-13/h2-10,17,22H,11H2,1H3. The summed E-state index contributed by atoms with van der Waals surface area (Å²) < 4.78 is 14.9. The molecule has 0 saturated carbocycles. The Balaban J connectivity index is 1.86. The van der Waals surface area contributed by atoms with E-state index in [4.69, 9.17) is 0 Å². The zero-order chi connectivity index (χ0) is 15.5. The fourth-order valence-corrected chi connectivity index (χ4v) is 2.52. The van der Waals surface area contributed by atoms with Gasteiger partial charge in [0.25, 0.3) is 0 Å². The highest BCUT2D eigenvalue weighted by Crippen LogP contribution is 2.23. The minimum Gasteiger partial charge on any atom is -0.386 e. The van der Waals surface area contributed by atoms with Gasteiger partial charge in [0, 0.05) is 24.2 Å². The predicted molar refractivity (Wildman–Crippen MR) is 81.6 cm³/mol. The highest BCUT2D eigenvalue weighted by Gasteiger charge is 2.14. The van der Waals surface area contributed by atoms with Crippen LogP contribution in [0.2, 0.25) is 0 Å². The van der Waals surface area contributed by atoms with E-state index in [1.807, 2.05) is 18.2 Å². The summed E-state index contributed by atoms with van der Waals surface area (Å²) in [5, 5.41) is 14.7. The first-order chi connectivity index (χ1) is 10.6. The molecule has 0 aliphatic rings. The van der Waals surface area contributed by atoms with E-state index in [-0.39, 0.29) is 5.82 Å². The van der Waals surface area contributed by atoms with Crippen LogP contribution in [0.4, 0.5) is 4.39 Å². The molecule has 0 radical (unpaired) electrons. The number of hydrogen-bond acceptors (Lipinski definition) is 3. The lowest BCUT2D eigenvalue weighted by Gasteiger charge is -2.16. The van der Waals surface area contributed by atoms with Gasteiger partial charge in [0.1, 0.15) is 5.82 Å². The molecular weight excluding hydrogens is 281 g/mol. The number of nitrogens with zero attached hydrogens (tertiary/aromatic N) is 3. The van der Waals surface area contributed by atoms with Gasteiger partial charge in [-0.05, 0) is 48.4 Å². The van der Waals surface area contributed by atoms with E-state index in [1.165, 1.54) is 12.1 Å². The lowest BCUT2D eigenvalue weighted by molar-refractivity contribution is 0.151. The second kappa shape index (κ2) is 6.07. The Kier molecular flexibility index (Phi) is 3.98. The highest BCUT2D eigenvalue weighted by atomic mass is 19.1. The van der Waals surface area contributed by atoms with Gasteiger partial charge in [-0.1, -0.05) is 6.07 Å². The number of rotatable bonds is 4. The fraction of sp³-hybridized carbons (Fsp3) is 0.176. The summed E-state index contributed by atoms with van der Waals surface area (Å²) in [6.07, 6.45) is 4.38. The molecule has 0 aliphatic heterocycles. The zero-order valence-electron chi connectivity index (χ0n) is 12.1. The number of aliphatic hydroxyl groups excluding tert-OH is 1. The molecule has 3 rings (SSSR count). The maximum atomic E-state index is 13.2. The maximum Gasteiger partial charge on any atom is 0.123 e. The minimum atomic E-state index is -0.749. The number of hydrogen-bond donors (Lipinski definition) is 1. The van der Waals surface area contributed by atoms with Gasteiger partial charge in [-0.2, -0.15) is 5.10 Å². The molecule has 5 heteroatoms. The minimum absolute atomic E-state index is 0.301. The van der Waals surface area contributed by atoms with Crippen LogP contribution in [-0.4, -0.2) is 19.9 Å². The molecule has 0 fully saturated rings. The summed E-state index contributed by atoms with van der Waals surface area (Å²) in [4.78, 5) is 4.00. The zero-order valence-corrected chi connectivity index (χ0v) is 12.1. The molecule has 1 atom stereocenters. The van der Waals surface area contributed by atoms with Gasteiger partial charge in [-0.3, -0.25) is 9.67 Å². The molecule has 0 amide bonds. The number of benzene rings is 1. The molecule has 1 unspecified atom stereocenters. The van der Waals surface area contributed by atoms with Crippen LogP contribution in [0.1, 0.15) is 17.2 Å². The van der Waals surface area contributed by atoms with Crippen LogP contribution in [0.5, 0.6) is 0 Å². The lowest BCUT2D eigenvalue weighted by atomic mass is 10.0. The third-order valence-electron chi connectivity index (χ3n) is 3.63. The van der Waals surface area contributed by atoms with Crippen molar-refractivity contribution in [2.24, 2.45) is 0 Å². The van der Waals surface area contributed by atoms with Crippen LogP contribution in [-0.2, 0) is 6.54 Å². The van der Waals surface area contributed by atoms with Crippen molar-refractivity contribution in [1.29, 1.82) is 0 Å². The Labute approximate surface area is 127 Å². The van der Waals surface area contributed by atoms with Crippen molar-refractivity contribution in [3.05, 3.63) is 71.9 Å². The molecule has 22 heavy (non-hydrogen) atoms. The first-order valence-electron chi connectivity index (χ1n) is 7.01. The normalized spacial score (nSPS) is 12.3. The van der Waals surface area contributed by atoms with Gasteiger partial charge in [0.05, 0.1) is 18.3 Å². The third-order valence-corrected chi connectivity index (χ3v) is 3.63. The van der Waals surface area contributed by atoms with Crippen LogP contribution in [0.15, 0.2) is 55.0 Å². The molecular formula is C17H16FN3O. The largest absolute Gasteiger partial charge is 0.386 e. The molecule has 1 aromatic carbocycles. The summed E-state index contributed by atoms with van der Waals surface area (Å²) in [7, 11) is 0. The highest BCUT2D eigenvalue weighted by molar-refractivity contribution is 5.58. The maximum absolute atomic E-state index is 13.2. The van der Waals surface area contributed by atoms with E-state index in [1.54, 1.807) is 36.3 Å². The Morgan fingerprint density at radius 2 is 1.91 bits per heavy atom. The summed E-state index contributed by atoms with van der Waals surface area (Å²) in [6, 6.07) is 10.1. The molecule has 4 nitrogen and oxygen atoms in total. The average Bonchev–Trinajstić information content (AvgIpc) is 2.96. The third kappa shape index (κ3) is 2.89. The average molecular weight is 297 g/mol. The first kappa shape index (κ1) is 14.4. The molecule has 2 heterocycles. The van der Waals surface area contributed by atoms with E-state index in [0.29, 0.717) is 12.1 Å². The van der Waals surface area contributed by atoms with Crippen molar-refractivity contribution in [2.45, 2.75) is 19.6 Å². The second-order valence-electron chi connectivity index (χ2n) is 5.15. The predicted octanol–water partition coefficient (Wildman–Crippen LogP) is 3.13. The lowest BCUT2D eigenvalue weighted by Crippen LogP contribution is -2.12. The van der Waals surface area contributed by atoms with Crippen molar-refractivity contribution in [3.63, 3.8) is 0 Å². The van der Waals surface area contributed by atoms with Crippen LogP contribution in [0.25, 0.3) is 11.3 Å². The van der Waals surface area contributed by atoms with E-state index >= 15 is 0 Å². The molecule has 0 aliphatic carbocycles. The number of halogens is 1. The van der Waals surface area contributed by atoms with Crippen molar-refractivity contribution in [1.82, 2.24) is 14.8 Å². The topological polar surface area (TPSA) is 50.9 Å². The number of aromatic nitrogens is 3. The summed E-state index contributed by atoms with van der Waals surface area (Å²) in [5.74, 6) is -0.301. The Morgan fingerprint density at radius 3 is 2.64 bits per heavy atom.